The van der Waals surface area contributed by atoms with Gasteiger partial charge in [0.1, 0.15) is 11.1 Å². The Balaban J connectivity index is 1.57. The Morgan fingerprint density at radius 3 is 2.48 bits per heavy atom. The smallest absolute Gasteiger partial charge is 0.411 e. The molecule has 2 fully saturated rings. The standard InChI is InChI=1S/C22H35N5O4/c1-6-26-15-17(14-23-26)24-18(28)16-8-12-25(13-9-16)19(29)22(5)10-7-11-27(22)20(30)31-21(2,3)4/h14-16H,6-13H2,1-5H3,(H,24,28)/t22-/m0/s1. The number of aromatic nitrogens is 2. The lowest BCUT2D eigenvalue weighted by Crippen LogP contribution is -2.58. The molecular formula is C22H35N5O4. The number of nitrogens with one attached hydrogen (secondary N) is 1. The normalized spacial score (nSPS) is 22.5. The number of ether oxygens (including phenoxy) is 1. The highest BCUT2D eigenvalue weighted by Crippen LogP contribution is 2.34. The van der Waals surface area contributed by atoms with E-state index in [1.807, 2.05) is 40.8 Å². The van der Waals surface area contributed by atoms with Crippen LogP contribution in [-0.4, -0.2) is 68.3 Å². The zero-order chi connectivity index (χ0) is 22.8. The van der Waals surface area contributed by atoms with Gasteiger partial charge in [-0.25, -0.2) is 4.79 Å². The van der Waals surface area contributed by atoms with Gasteiger partial charge in [0, 0.05) is 38.3 Å². The number of piperidine rings is 1. The van der Waals surface area contributed by atoms with Gasteiger partial charge in [0.15, 0.2) is 0 Å². The highest BCUT2D eigenvalue weighted by molar-refractivity contribution is 5.93. The number of carbonyl (C=O) groups excluding carboxylic acids is 3. The van der Waals surface area contributed by atoms with Gasteiger partial charge >= 0.3 is 6.09 Å². The van der Waals surface area contributed by atoms with Crippen molar-refractivity contribution in [3.8, 4) is 0 Å². The number of aryl methyl sites for hydroxylation is 1. The van der Waals surface area contributed by atoms with Gasteiger partial charge in [0.25, 0.3) is 0 Å². The summed E-state index contributed by atoms with van der Waals surface area (Å²) >= 11 is 0. The van der Waals surface area contributed by atoms with E-state index in [1.165, 1.54) is 0 Å². The molecule has 0 aliphatic carbocycles. The molecule has 9 nitrogen and oxygen atoms in total. The van der Waals surface area contributed by atoms with E-state index in [9.17, 15) is 14.4 Å². The SMILES string of the molecule is CCn1cc(NC(=O)C2CCN(C(=O)[C@]3(C)CCCN3C(=O)OC(C)(C)C)CC2)cn1. The molecule has 0 unspecified atom stereocenters. The summed E-state index contributed by atoms with van der Waals surface area (Å²) in [6.07, 6.45) is 5.60. The molecule has 3 rings (SSSR count). The van der Waals surface area contributed by atoms with E-state index < -0.39 is 17.2 Å². The van der Waals surface area contributed by atoms with Gasteiger partial charge in [0.05, 0.1) is 11.9 Å². The van der Waals surface area contributed by atoms with E-state index in [1.54, 1.807) is 20.7 Å². The largest absolute Gasteiger partial charge is 0.444 e. The van der Waals surface area contributed by atoms with Crippen molar-refractivity contribution in [3.05, 3.63) is 12.4 Å². The molecule has 2 aliphatic rings. The number of rotatable bonds is 4. The van der Waals surface area contributed by atoms with Crippen LogP contribution < -0.4 is 5.32 Å². The lowest BCUT2D eigenvalue weighted by Gasteiger charge is -2.40. The van der Waals surface area contributed by atoms with Gasteiger partial charge in [-0.3, -0.25) is 19.2 Å². The van der Waals surface area contributed by atoms with E-state index in [-0.39, 0.29) is 17.7 Å². The molecule has 2 aliphatic heterocycles. The second-order valence-corrected chi connectivity index (χ2v) is 9.65. The minimum Gasteiger partial charge on any atom is -0.444 e. The van der Waals surface area contributed by atoms with Crippen LogP contribution >= 0.6 is 0 Å². The number of hydrogen-bond acceptors (Lipinski definition) is 5. The van der Waals surface area contributed by atoms with E-state index in [2.05, 4.69) is 10.4 Å². The van der Waals surface area contributed by atoms with E-state index in [0.29, 0.717) is 44.6 Å². The first-order chi connectivity index (χ1) is 14.5. The summed E-state index contributed by atoms with van der Waals surface area (Å²) in [6.45, 7) is 11.6. The van der Waals surface area contributed by atoms with E-state index >= 15 is 0 Å². The highest BCUT2D eigenvalue weighted by Gasteiger charge is 2.49. The molecule has 0 radical (unpaired) electrons. The van der Waals surface area contributed by atoms with Crippen molar-refractivity contribution < 1.29 is 19.1 Å². The number of nitrogens with zero attached hydrogens (tertiary/aromatic N) is 4. The molecule has 3 heterocycles. The number of amides is 3. The first kappa shape index (κ1) is 23.1. The van der Waals surface area contributed by atoms with Crippen LogP contribution in [0.15, 0.2) is 12.4 Å². The second kappa shape index (κ2) is 8.88. The van der Waals surface area contributed by atoms with Gasteiger partial charge in [0.2, 0.25) is 11.8 Å². The molecule has 0 aromatic carbocycles. The first-order valence-corrected chi connectivity index (χ1v) is 11.2. The molecule has 172 valence electrons. The summed E-state index contributed by atoms with van der Waals surface area (Å²) in [5.74, 6) is -0.239. The van der Waals surface area contributed by atoms with Crippen LogP contribution in [0.1, 0.15) is 60.3 Å². The molecule has 1 atom stereocenters. The Labute approximate surface area is 184 Å². The number of anilines is 1. The van der Waals surface area contributed by atoms with Crippen molar-refractivity contribution in [3.63, 3.8) is 0 Å². The van der Waals surface area contributed by atoms with E-state index in [0.717, 1.165) is 13.0 Å². The van der Waals surface area contributed by atoms with Crippen molar-refractivity contribution in [1.82, 2.24) is 19.6 Å². The molecule has 1 N–H and O–H groups in total. The third kappa shape index (κ3) is 5.19. The summed E-state index contributed by atoms with van der Waals surface area (Å²) in [6, 6.07) is 0. The third-order valence-corrected chi connectivity index (χ3v) is 6.09. The Morgan fingerprint density at radius 2 is 1.90 bits per heavy atom. The molecule has 31 heavy (non-hydrogen) atoms. The Bertz CT molecular complexity index is 822. The van der Waals surface area contributed by atoms with Crippen LogP contribution in [-0.2, 0) is 20.9 Å². The minimum absolute atomic E-state index is 0.0368. The molecule has 9 heteroatoms. The van der Waals surface area contributed by atoms with Crippen LogP contribution in [0.25, 0.3) is 0 Å². The summed E-state index contributed by atoms with van der Waals surface area (Å²) in [5.41, 5.74) is -0.813. The topological polar surface area (TPSA) is 96.8 Å². The van der Waals surface area contributed by atoms with E-state index in [4.69, 9.17) is 4.74 Å². The van der Waals surface area contributed by atoms with Crippen LogP contribution in [0.2, 0.25) is 0 Å². The Morgan fingerprint density at radius 1 is 1.23 bits per heavy atom. The van der Waals surface area contributed by atoms with Crippen LogP contribution in [0.5, 0.6) is 0 Å². The summed E-state index contributed by atoms with van der Waals surface area (Å²) < 4.78 is 7.29. The monoisotopic (exact) mass is 433 g/mol. The molecule has 2 saturated heterocycles. The second-order valence-electron chi connectivity index (χ2n) is 9.65. The molecule has 1 aromatic heterocycles. The fourth-order valence-corrected chi connectivity index (χ4v) is 4.33. The lowest BCUT2D eigenvalue weighted by atomic mass is 9.92. The zero-order valence-corrected chi connectivity index (χ0v) is 19.3. The lowest BCUT2D eigenvalue weighted by molar-refractivity contribution is -0.144. The average molecular weight is 434 g/mol. The zero-order valence-electron chi connectivity index (χ0n) is 19.3. The summed E-state index contributed by atoms with van der Waals surface area (Å²) in [7, 11) is 0. The van der Waals surface area contributed by atoms with Crippen molar-refractivity contribution >= 4 is 23.6 Å². The van der Waals surface area contributed by atoms with Crippen LogP contribution in [0, 0.1) is 5.92 Å². The minimum atomic E-state index is -0.897. The first-order valence-electron chi connectivity index (χ1n) is 11.2. The summed E-state index contributed by atoms with van der Waals surface area (Å²) in [5, 5.41) is 7.09. The molecule has 0 spiro atoms. The molecule has 1 aromatic rings. The van der Waals surface area contributed by atoms with Crippen molar-refractivity contribution in [2.45, 2.75) is 78.0 Å². The average Bonchev–Trinajstić information content (AvgIpc) is 3.33. The Hall–Kier alpha value is -2.58. The predicted octanol–water partition coefficient (Wildman–Crippen LogP) is 2.87. The van der Waals surface area contributed by atoms with Crippen LogP contribution in [0.3, 0.4) is 0 Å². The van der Waals surface area contributed by atoms with Gasteiger partial charge in [-0.05, 0) is 60.3 Å². The van der Waals surface area contributed by atoms with Crippen molar-refractivity contribution in [1.29, 1.82) is 0 Å². The third-order valence-electron chi connectivity index (χ3n) is 6.09. The van der Waals surface area contributed by atoms with Gasteiger partial charge < -0.3 is 15.0 Å². The Kier molecular flexibility index (Phi) is 6.62. The fraction of sp³-hybridized carbons (Fsp3) is 0.727. The molecule has 3 amide bonds. The van der Waals surface area contributed by atoms with Crippen LogP contribution in [0.4, 0.5) is 10.5 Å². The number of carbonyl (C=O) groups is 3. The molecule has 0 saturated carbocycles. The summed E-state index contributed by atoms with van der Waals surface area (Å²) in [4.78, 5) is 42.0. The van der Waals surface area contributed by atoms with Crippen molar-refractivity contribution in [2.24, 2.45) is 5.92 Å². The van der Waals surface area contributed by atoms with Gasteiger partial charge in [-0.2, -0.15) is 5.10 Å². The van der Waals surface area contributed by atoms with Crippen molar-refractivity contribution in [2.75, 3.05) is 25.0 Å². The number of hydrogen-bond donors (Lipinski definition) is 1. The fourth-order valence-electron chi connectivity index (χ4n) is 4.33. The number of likely N-dealkylation sites (tertiary alicyclic amines) is 2. The molecule has 0 bridgehead atoms. The maximum atomic E-state index is 13.4. The van der Waals surface area contributed by atoms with Gasteiger partial charge in [-0.1, -0.05) is 0 Å². The predicted molar refractivity (Wildman–Crippen MR) is 116 cm³/mol. The quantitative estimate of drug-likeness (QED) is 0.788. The van der Waals surface area contributed by atoms with Gasteiger partial charge in [-0.15, -0.1) is 0 Å². The maximum absolute atomic E-state index is 13.4. The highest BCUT2D eigenvalue weighted by atomic mass is 16.6. The molecular weight excluding hydrogens is 398 g/mol. The maximum Gasteiger partial charge on any atom is 0.411 e.